The summed E-state index contributed by atoms with van der Waals surface area (Å²) in [6.45, 7) is 6.95. The monoisotopic (exact) mass is 349 g/mol. The number of aliphatic imine (C=N–C) groups is 1. The van der Waals surface area contributed by atoms with Crippen LogP contribution >= 0.6 is 0 Å². The van der Waals surface area contributed by atoms with E-state index in [4.69, 9.17) is 15.2 Å². The molecule has 2 N–H and O–H groups in total. The van der Waals surface area contributed by atoms with Crippen LogP contribution in [0.15, 0.2) is 41.4 Å². The molecule has 2 aliphatic rings. The Morgan fingerprint density at radius 3 is 2.64 bits per heavy atom. The highest BCUT2D eigenvalue weighted by Gasteiger charge is 2.47. The van der Waals surface area contributed by atoms with Gasteiger partial charge in [-0.05, 0) is 18.2 Å². The van der Waals surface area contributed by atoms with Gasteiger partial charge < -0.3 is 15.2 Å². The normalized spacial score (nSPS) is 20.5. The number of benzene rings is 1. The molecular weight excluding hydrogens is 330 g/mol. The standard InChI is InChI=1S/C19H19N3O2Si/c1-25(2,3)11-10-13-8-9-15-17(21-13)24-16-7-5-4-6-14(16)19(15)12-23-18(20)22-19/h4-9H,12H2,1-3H3,(H2,20,22). The molecule has 3 heterocycles. The maximum Gasteiger partial charge on any atom is 0.283 e. The second-order valence-corrected chi connectivity index (χ2v) is 12.0. The van der Waals surface area contributed by atoms with E-state index in [0.717, 1.165) is 16.9 Å². The summed E-state index contributed by atoms with van der Waals surface area (Å²) in [5, 5.41) is 0. The number of amidine groups is 1. The van der Waals surface area contributed by atoms with E-state index in [-0.39, 0.29) is 6.02 Å². The highest BCUT2D eigenvalue weighted by atomic mass is 28.3. The Bertz CT molecular complexity index is 953. The lowest BCUT2D eigenvalue weighted by molar-refractivity contribution is 0.262. The molecule has 0 amide bonds. The minimum atomic E-state index is -1.47. The van der Waals surface area contributed by atoms with Gasteiger partial charge in [-0.3, -0.25) is 0 Å². The lowest BCUT2D eigenvalue weighted by atomic mass is 9.82. The van der Waals surface area contributed by atoms with Crippen LogP contribution in [-0.2, 0) is 10.3 Å². The molecule has 6 heteroatoms. The maximum absolute atomic E-state index is 6.04. The average molecular weight is 349 g/mol. The fourth-order valence-corrected chi connectivity index (χ4v) is 3.51. The van der Waals surface area contributed by atoms with E-state index >= 15 is 0 Å². The fourth-order valence-electron chi connectivity index (χ4n) is 3.01. The zero-order valence-corrected chi connectivity index (χ0v) is 15.5. The number of aromatic nitrogens is 1. The first kappa shape index (κ1) is 15.7. The van der Waals surface area contributed by atoms with Gasteiger partial charge in [0.05, 0.1) is 5.56 Å². The third-order valence-corrected chi connectivity index (χ3v) is 5.02. The van der Waals surface area contributed by atoms with Crippen molar-refractivity contribution in [2.45, 2.75) is 25.2 Å². The van der Waals surface area contributed by atoms with Crippen molar-refractivity contribution in [2.24, 2.45) is 10.7 Å². The van der Waals surface area contributed by atoms with Crippen LogP contribution in [-0.4, -0.2) is 25.7 Å². The smallest absolute Gasteiger partial charge is 0.283 e. The molecule has 0 fully saturated rings. The van der Waals surface area contributed by atoms with Crippen LogP contribution < -0.4 is 10.5 Å². The molecule has 126 valence electrons. The average Bonchev–Trinajstić information content (AvgIpc) is 2.95. The number of nitrogens with zero attached hydrogens (tertiary/aromatic N) is 2. The second-order valence-electron chi connectivity index (χ2n) is 7.25. The Balaban J connectivity index is 1.87. The molecule has 25 heavy (non-hydrogen) atoms. The molecule has 1 unspecified atom stereocenters. The van der Waals surface area contributed by atoms with Crippen molar-refractivity contribution in [3.8, 4) is 23.1 Å². The highest BCUT2D eigenvalue weighted by molar-refractivity contribution is 6.83. The third kappa shape index (κ3) is 2.67. The number of ether oxygens (including phenoxy) is 2. The number of nitrogens with two attached hydrogens (primary N) is 1. The molecular formula is C19H19N3O2Si. The van der Waals surface area contributed by atoms with Crippen molar-refractivity contribution in [1.82, 2.24) is 4.98 Å². The molecule has 0 radical (unpaired) electrons. The number of fused-ring (bicyclic) bond motifs is 4. The van der Waals surface area contributed by atoms with Crippen molar-refractivity contribution in [3.05, 3.63) is 53.2 Å². The molecule has 1 spiro atoms. The lowest BCUT2D eigenvalue weighted by Gasteiger charge is -2.32. The van der Waals surface area contributed by atoms with Crippen molar-refractivity contribution in [3.63, 3.8) is 0 Å². The number of pyridine rings is 1. The first-order valence-electron chi connectivity index (χ1n) is 8.18. The molecule has 5 nitrogen and oxygen atoms in total. The minimum absolute atomic E-state index is 0.185. The second kappa shape index (κ2) is 5.36. The largest absolute Gasteiger partial charge is 0.462 e. The molecule has 1 aromatic carbocycles. The molecule has 1 aromatic heterocycles. The van der Waals surface area contributed by atoms with Gasteiger partial charge in [0.2, 0.25) is 5.88 Å². The van der Waals surface area contributed by atoms with Crippen molar-refractivity contribution in [2.75, 3.05) is 6.61 Å². The summed E-state index contributed by atoms with van der Waals surface area (Å²) < 4.78 is 11.5. The van der Waals surface area contributed by atoms with Crippen molar-refractivity contribution >= 4 is 14.1 Å². The summed E-state index contributed by atoms with van der Waals surface area (Å²) >= 11 is 0. The van der Waals surface area contributed by atoms with Crippen LogP contribution in [0.1, 0.15) is 16.8 Å². The molecule has 1 atom stereocenters. The van der Waals surface area contributed by atoms with Crippen LogP contribution in [0.4, 0.5) is 0 Å². The highest BCUT2D eigenvalue weighted by Crippen LogP contribution is 2.49. The predicted octanol–water partition coefficient (Wildman–Crippen LogP) is 3.00. The number of rotatable bonds is 0. The molecule has 0 bridgehead atoms. The van der Waals surface area contributed by atoms with Gasteiger partial charge in [-0.1, -0.05) is 43.8 Å². The van der Waals surface area contributed by atoms with E-state index < -0.39 is 13.6 Å². The van der Waals surface area contributed by atoms with Gasteiger partial charge in [0, 0.05) is 5.56 Å². The summed E-state index contributed by atoms with van der Waals surface area (Å²) in [7, 11) is -1.47. The van der Waals surface area contributed by atoms with Gasteiger partial charge in [-0.2, -0.15) is 0 Å². The molecule has 2 aromatic rings. The van der Waals surface area contributed by atoms with Gasteiger partial charge in [0.15, 0.2) is 5.54 Å². The number of hydrogen-bond donors (Lipinski definition) is 1. The molecule has 4 rings (SSSR count). The van der Waals surface area contributed by atoms with Crippen LogP contribution in [0.5, 0.6) is 11.6 Å². The third-order valence-electron chi connectivity index (χ3n) is 4.14. The van der Waals surface area contributed by atoms with Crippen LogP contribution in [0.2, 0.25) is 19.6 Å². The quantitative estimate of drug-likeness (QED) is 0.586. The van der Waals surface area contributed by atoms with Gasteiger partial charge in [-0.25, -0.2) is 9.98 Å². The number of hydrogen-bond acceptors (Lipinski definition) is 5. The Morgan fingerprint density at radius 1 is 1.12 bits per heavy atom. The summed E-state index contributed by atoms with van der Waals surface area (Å²) in [4.78, 5) is 9.22. The Hall–Kier alpha value is -2.78. The van der Waals surface area contributed by atoms with E-state index in [9.17, 15) is 0 Å². The van der Waals surface area contributed by atoms with Crippen LogP contribution in [0, 0.1) is 11.5 Å². The van der Waals surface area contributed by atoms with E-state index in [2.05, 4.69) is 41.1 Å². The predicted molar refractivity (Wildman–Crippen MR) is 99.3 cm³/mol. The van der Waals surface area contributed by atoms with E-state index in [1.165, 1.54) is 0 Å². The Kier molecular flexibility index (Phi) is 3.37. The first-order valence-corrected chi connectivity index (χ1v) is 11.7. The molecule has 0 saturated carbocycles. The topological polar surface area (TPSA) is 69.7 Å². The first-order chi connectivity index (χ1) is 11.9. The number of para-hydroxylation sites is 1. The maximum atomic E-state index is 6.04. The SMILES string of the molecule is C[Si](C)(C)C#Cc1ccc2c(n1)Oc1ccccc1C21COC(N)=N1. The Labute approximate surface area is 147 Å². The van der Waals surface area contributed by atoms with Crippen molar-refractivity contribution in [1.29, 1.82) is 0 Å². The zero-order valence-electron chi connectivity index (χ0n) is 14.5. The molecule has 0 aliphatic carbocycles. The van der Waals surface area contributed by atoms with E-state index in [0.29, 0.717) is 18.2 Å². The minimum Gasteiger partial charge on any atom is -0.462 e. The van der Waals surface area contributed by atoms with E-state index in [1.807, 2.05) is 36.4 Å². The lowest BCUT2D eigenvalue weighted by Crippen LogP contribution is -2.31. The summed E-state index contributed by atoms with van der Waals surface area (Å²) in [6, 6.07) is 11.8. The Morgan fingerprint density at radius 2 is 1.92 bits per heavy atom. The van der Waals surface area contributed by atoms with Gasteiger partial charge in [0.25, 0.3) is 6.02 Å². The fraction of sp³-hybridized carbons (Fsp3) is 0.263. The van der Waals surface area contributed by atoms with Gasteiger partial charge >= 0.3 is 0 Å². The van der Waals surface area contributed by atoms with Crippen molar-refractivity contribution < 1.29 is 9.47 Å². The summed E-state index contributed by atoms with van der Waals surface area (Å²) in [6.07, 6.45) is 0. The molecule has 2 aliphatic heterocycles. The van der Waals surface area contributed by atoms with Crippen LogP contribution in [0.25, 0.3) is 0 Å². The van der Waals surface area contributed by atoms with E-state index in [1.54, 1.807) is 0 Å². The van der Waals surface area contributed by atoms with Crippen LogP contribution in [0.3, 0.4) is 0 Å². The van der Waals surface area contributed by atoms with Gasteiger partial charge in [-0.15, -0.1) is 5.54 Å². The zero-order chi connectivity index (χ0) is 17.7. The summed E-state index contributed by atoms with van der Waals surface area (Å²) in [5.74, 6) is 4.41. The summed E-state index contributed by atoms with van der Waals surface area (Å²) in [5.41, 5.74) is 10.9. The van der Waals surface area contributed by atoms with Gasteiger partial charge in [0.1, 0.15) is 26.1 Å². The molecule has 0 saturated heterocycles.